The molecule has 0 spiro atoms. The molecule has 0 saturated heterocycles. The molecule has 1 amide bonds. The predicted molar refractivity (Wildman–Crippen MR) is 136 cm³/mol. The lowest BCUT2D eigenvalue weighted by Gasteiger charge is -2.12. The van der Waals surface area contributed by atoms with Gasteiger partial charge in [-0.2, -0.15) is 0 Å². The molecule has 0 atom stereocenters. The maximum atomic E-state index is 12.3. The number of hydrogen-bond donors (Lipinski definition) is 2. The minimum atomic E-state index is -0.0332. The van der Waals surface area contributed by atoms with Crippen LogP contribution in [0.15, 0.2) is 85.2 Å². The number of anilines is 3. The van der Waals surface area contributed by atoms with E-state index in [0.717, 1.165) is 39.5 Å². The summed E-state index contributed by atoms with van der Waals surface area (Å²) in [6.45, 7) is 4.56. The smallest absolute Gasteiger partial charge is 0.224 e. The van der Waals surface area contributed by atoms with Crippen molar-refractivity contribution in [3.63, 3.8) is 0 Å². The zero-order valence-electron chi connectivity index (χ0n) is 19.4. The van der Waals surface area contributed by atoms with E-state index < -0.39 is 0 Å². The monoisotopic (exact) mass is 452 g/mol. The molecule has 3 aromatic carbocycles. The molecule has 0 aliphatic carbocycles. The topological polar surface area (TPSA) is 76.1 Å². The van der Waals surface area contributed by atoms with Gasteiger partial charge in [-0.3, -0.25) is 4.79 Å². The Hall–Kier alpha value is -4.19. The summed E-state index contributed by atoms with van der Waals surface area (Å²) < 4.78 is 5.88. The van der Waals surface area contributed by atoms with E-state index in [9.17, 15) is 4.79 Å². The van der Waals surface area contributed by atoms with Crippen LogP contribution in [0.3, 0.4) is 0 Å². The van der Waals surface area contributed by atoms with Crippen molar-refractivity contribution in [3.8, 4) is 17.0 Å². The lowest BCUT2D eigenvalue weighted by atomic mass is 10.1. The van der Waals surface area contributed by atoms with Gasteiger partial charge < -0.3 is 15.4 Å². The number of ether oxygens (including phenoxy) is 1. The molecule has 0 saturated carbocycles. The molecule has 6 heteroatoms. The summed E-state index contributed by atoms with van der Waals surface area (Å²) in [6.07, 6.45) is 2.59. The van der Waals surface area contributed by atoms with Crippen molar-refractivity contribution in [2.45, 2.75) is 26.7 Å². The van der Waals surface area contributed by atoms with Crippen LogP contribution < -0.4 is 15.4 Å². The molecule has 1 heterocycles. The van der Waals surface area contributed by atoms with E-state index in [4.69, 9.17) is 4.74 Å². The summed E-state index contributed by atoms with van der Waals surface area (Å²) in [5.41, 5.74) is 5.72. The Kier molecular flexibility index (Phi) is 7.50. The quantitative estimate of drug-likeness (QED) is 0.291. The maximum Gasteiger partial charge on any atom is 0.224 e. The summed E-state index contributed by atoms with van der Waals surface area (Å²) in [7, 11) is 0. The third kappa shape index (κ3) is 6.19. The van der Waals surface area contributed by atoms with Gasteiger partial charge in [0.05, 0.1) is 12.3 Å². The first kappa shape index (κ1) is 23.0. The first-order valence-corrected chi connectivity index (χ1v) is 11.3. The van der Waals surface area contributed by atoms with Crippen molar-refractivity contribution in [1.82, 2.24) is 9.97 Å². The van der Waals surface area contributed by atoms with Gasteiger partial charge in [-0.15, -0.1) is 0 Å². The van der Waals surface area contributed by atoms with Crippen LogP contribution in [0.25, 0.3) is 11.3 Å². The van der Waals surface area contributed by atoms with E-state index in [1.165, 1.54) is 0 Å². The molecule has 0 fully saturated rings. The molecule has 6 nitrogen and oxygen atoms in total. The van der Waals surface area contributed by atoms with E-state index in [2.05, 4.69) is 20.6 Å². The van der Waals surface area contributed by atoms with Crippen molar-refractivity contribution in [3.05, 3.63) is 96.3 Å². The standard InChI is InChI=1S/C28H28N4O2/c1-20-8-6-9-21(2)28(20)34-17-7-12-27(33)32-24-15-13-23(14-16-24)31-26-18-25(29-19-30-26)22-10-4-3-5-11-22/h3-6,8-11,13-16,18-19H,7,12,17H2,1-2H3,(H,32,33)(H,29,30,31). The Bertz CT molecular complexity index is 1220. The fourth-order valence-electron chi connectivity index (χ4n) is 3.63. The zero-order valence-corrected chi connectivity index (χ0v) is 19.4. The number of carbonyl (C=O) groups is 1. The number of aromatic nitrogens is 2. The van der Waals surface area contributed by atoms with Gasteiger partial charge in [0.25, 0.3) is 0 Å². The molecule has 0 aliphatic rings. The largest absolute Gasteiger partial charge is 0.493 e. The third-order valence-electron chi connectivity index (χ3n) is 5.38. The minimum absolute atomic E-state index is 0.0332. The van der Waals surface area contributed by atoms with Crippen molar-refractivity contribution >= 4 is 23.1 Å². The number of hydrogen-bond acceptors (Lipinski definition) is 5. The van der Waals surface area contributed by atoms with E-state index in [1.54, 1.807) is 6.33 Å². The number of amides is 1. The van der Waals surface area contributed by atoms with Gasteiger partial charge >= 0.3 is 0 Å². The lowest BCUT2D eigenvalue weighted by Crippen LogP contribution is -2.13. The van der Waals surface area contributed by atoms with Crippen LogP contribution in [0.2, 0.25) is 0 Å². The number of aryl methyl sites for hydroxylation is 2. The highest BCUT2D eigenvalue weighted by Crippen LogP contribution is 2.23. The SMILES string of the molecule is Cc1cccc(C)c1OCCCC(=O)Nc1ccc(Nc2cc(-c3ccccc3)ncn2)cc1. The molecule has 4 rings (SSSR count). The second-order valence-electron chi connectivity index (χ2n) is 8.08. The third-order valence-corrected chi connectivity index (χ3v) is 5.38. The molecule has 34 heavy (non-hydrogen) atoms. The lowest BCUT2D eigenvalue weighted by molar-refractivity contribution is -0.116. The number of nitrogens with zero attached hydrogens (tertiary/aromatic N) is 2. The van der Waals surface area contributed by atoms with Crippen molar-refractivity contribution in [1.29, 1.82) is 0 Å². The molecule has 0 bridgehead atoms. The average molecular weight is 453 g/mol. The summed E-state index contributed by atoms with van der Waals surface area (Å²) in [6, 6.07) is 25.5. The molecule has 4 aromatic rings. The maximum absolute atomic E-state index is 12.3. The molecule has 0 radical (unpaired) electrons. The fraction of sp³-hybridized carbons (Fsp3) is 0.179. The van der Waals surface area contributed by atoms with E-state index in [-0.39, 0.29) is 5.91 Å². The second-order valence-corrected chi connectivity index (χ2v) is 8.08. The Morgan fingerprint density at radius 1 is 0.853 bits per heavy atom. The number of para-hydroxylation sites is 1. The highest BCUT2D eigenvalue weighted by molar-refractivity contribution is 5.90. The van der Waals surface area contributed by atoms with Crippen LogP contribution in [-0.4, -0.2) is 22.5 Å². The molecular formula is C28H28N4O2. The first-order chi connectivity index (χ1) is 16.6. The molecule has 0 aliphatic heterocycles. The summed E-state index contributed by atoms with van der Waals surface area (Å²) in [4.78, 5) is 21.0. The number of carbonyl (C=O) groups excluding carboxylic acids is 1. The summed E-state index contributed by atoms with van der Waals surface area (Å²) >= 11 is 0. The molecule has 172 valence electrons. The summed E-state index contributed by atoms with van der Waals surface area (Å²) in [5, 5.41) is 6.22. The van der Waals surface area contributed by atoms with Gasteiger partial charge in [-0.1, -0.05) is 48.5 Å². The van der Waals surface area contributed by atoms with Crippen LogP contribution in [0.4, 0.5) is 17.2 Å². The molecular weight excluding hydrogens is 424 g/mol. The molecule has 1 aromatic heterocycles. The van der Waals surface area contributed by atoms with E-state index >= 15 is 0 Å². The predicted octanol–water partition coefficient (Wildman–Crippen LogP) is 6.30. The van der Waals surface area contributed by atoms with Crippen LogP contribution in [0.1, 0.15) is 24.0 Å². The van der Waals surface area contributed by atoms with Gasteiger partial charge in [0, 0.05) is 29.4 Å². The first-order valence-electron chi connectivity index (χ1n) is 11.3. The van der Waals surface area contributed by atoms with Gasteiger partial charge in [0.15, 0.2) is 0 Å². The van der Waals surface area contributed by atoms with Crippen molar-refractivity contribution in [2.75, 3.05) is 17.2 Å². The van der Waals surface area contributed by atoms with Crippen LogP contribution >= 0.6 is 0 Å². The molecule has 2 N–H and O–H groups in total. The van der Waals surface area contributed by atoms with E-state index in [1.807, 2.05) is 92.7 Å². The van der Waals surface area contributed by atoms with Crippen molar-refractivity contribution in [2.24, 2.45) is 0 Å². The highest BCUT2D eigenvalue weighted by Gasteiger charge is 2.06. The minimum Gasteiger partial charge on any atom is -0.493 e. The number of nitrogens with one attached hydrogen (secondary N) is 2. The van der Waals surface area contributed by atoms with Gasteiger partial charge in [-0.05, 0) is 55.7 Å². The normalized spacial score (nSPS) is 10.5. The number of rotatable bonds is 9. The van der Waals surface area contributed by atoms with Crippen molar-refractivity contribution < 1.29 is 9.53 Å². The van der Waals surface area contributed by atoms with E-state index in [0.29, 0.717) is 25.3 Å². The van der Waals surface area contributed by atoms with Crippen LogP contribution in [0, 0.1) is 13.8 Å². The Labute approximate surface area is 200 Å². The van der Waals surface area contributed by atoms with Crippen LogP contribution in [0.5, 0.6) is 5.75 Å². The number of benzene rings is 3. The van der Waals surface area contributed by atoms with Gasteiger partial charge in [0.2, 0.25) is 5.91 Å². The fourth-order valence-corrected chi connectivity index (χ4v) is 3.63. The Morgan fingerprint density at radius 2 is 1.56 bits per heavy atom. The van der Waals surface area contributed by atoms with Gasteiger partial charge in [-0.25, -0.2) is 9.97 Å². The highest BCUT2D eigenvalue weighted by atomic mass is 16.5. The zero-order chi connectivity index (χ0) is 23.8. The Morgan fingerprint density at radius 3 is 2.29 bits per heavy atom. The average Bonchev–Trinajstić information content (AvgIpc) is 2.85. The second kappa shape index (κ2) is 11.1. The van der Waals surface area contributed by atoms with Crippen LogP contribution in [-0.2, 0) is 4.79 Å². The summed E-state index contributed by atoms with van der Waals surface area (Å²) in [5.74, 6) is 1.58. The van der Waals surface area contributed by atoms with Gasteiger partial charge in [0.1, 0.15) is 17.9 Å². The molecule has 0 unspecified atom stereocenters. The Balaban J connectivity index is 1.26.